The van der Waals surface area contributed by atoms with Crippen molar-refractivity contribution in [3.05, 3.63) is 40.4 Å². The number of hydrogen-bond donors (Lipinski definition) is 1. The van der Waals surface area contributed by atoms with Crippen molar-refractivity contribution in [3.63, 3.8) is 0 Å². The Labute approximate surface area is 135 Å². The van der Waals surface area contributed by atoms with Crippen LogP contribution in [0, 0.1) is 13.8 Å². The zero-order valence-electron chi connectivity index (χ0n) is 13.0. The lowest BCUT2D eigenvalue weighted by Crippen LogP contribution is -2.23. The predicted molar refractivity (Wildman–Crippen MR) is 91.7 cm³/mol. The molecule has 3 nitrogen and oxygen atoms in total. The second kappa shape index (κ2) is 7.82. The molecular formula is C16H22N2OS2. The molecular weight excluding hydrogens is 300 g/mol. The molecule has 21 heavy (non-hydrogen) atoms. The second-order valence-electron chi connectivity index (χ2n) is 4.92. The van der Waals surface area contributed by atoms with Crippen molar-refractivity contribution >= 4 is 23.1 Å². The van der Waals surface area contributed by atoms with Crippen LogP contribution in [0.3, 0.4) is 0 Å². The van der Waals surface area contributed by atoms with E-state index in [-0.39, 0.29) is 6.04 Å². The first-order chi connectivity index (χ1) is 10.1. The van der Waals surface area contributed by atoms with Crippen LogP contribution in [0.1, 0.15) is 29.8 Å². The van der Waals surface area contributed by atoms with Gasteiger partial charge in [0, 0.05) is 28.4 Å². The number of nitrogens with one attached hydrogen (secondary N) is 1. The third-order valence-electron chi connectivity index (χ3n) is 3.18. The first kappa shape index (κ1) is 16.3. The van der Waals surface area contributed by atoms with Gasteiger partial charge >= 0.3 is 0 Å². The summed E-state index contributed by atoms with van der Waals surface area (Å²) in [6.45, 7) is 7.21. The molecule has 1 aromatic heterocycles. The van der Waals surface area contributed by atoms with Gasteiger partial charge in [-0.3, -0.25) is 0 Å². The van der Waals surface area contributed by atoms with Crippen LogP contribution >= 0.6 is 23.1 Å². The van der Waals surface area contributed by atoms with Gasteiger partial charge in [0.25, 0.3) is 0 Å². The fraction of sp³-hybridized carbons (Fsp3) is 0.438. The van der Waals surface area contributed by atoms with Gasteiger partial charge in [-0.15, -0.1) is 11.3 Å². The van der Waals surface area contributed by atoms with Crippen LogP contribution in [0.25, 0.3) is 0 Å². The largest absolute Gasteiger partial charge is 0.496 e. The van der Waals surface area contributed by atoms with Gasteiger partial charge in [0.05, 0.1) is 7.11 Å². The minimum Gasteiger partial charge on any atom is -0.496 e. The maximum absolute atomic E-state index is 5.52. The summed E-state index contributed by atoms with van der Waals surface area (Å²) in [6.07, 6.45) is 0. The van der Waals surface area contributed by atoms with Crippen molar-refractivity contribution in [1.82, 2.24) is 10.3 Å². The number of aromatic nitrogens is 1. The van der Waals surface area contributed by atoms with Crippen molar-refractivity contribution < 1.29 is 4.74 Å². The number of hydrogen-bond acceptors (Lipinski definition) is 5. The number of nitrogens with zero attached hydrogens (tertiary/aromatic N) is 1. The summed E-state index contributed by atoms with van der Waals surface area (Å²) in [5.74, 6) is 1.89. The lowest BCUT2D eigenvalue weighted by atomic mass is 10.0. The van der Waals surface area contributed by atoms with E-state index in [1.54, 1.807) is 30.2 Å². The average molecular weight is 322 g/mol. The van der Waals surface area contributed by atoms with Gasteiger partial charge in [-0.05, 0) is 26.5 Å². The predicted octanol–water partition coefficient (Wildman–Crippen LogP) is 4.21. The van der Waals surface area contributed by atoms with Gasteiger partial charge in [0.2, 0.25) is 0 Å². The number of methoxy groups -OCH3 is 1. The molecule has 1 atom stereocenters. The minimum absolute atomic E-state index is 0.263. The van der Waals surface area contributed by atoms with E-state index >= 15 is 0 Å². The molecule has 2 rings (SSSR count). The summed E-state index contributed by atoms with van der Waals surface area (Å²) in [4.78, 5) is 4.52. The normalized spacial score (nSPS) is 12.4. The van der Waals surface area contributed by atoms with Gasteiger partial charge in [0.15, 0.2) is 0 Å². The van der Waals surface area contributed by atoms with E-state index in [0.717, 1.165) is 28.1 Å². The lowest BCUT2D eigenvalue weighted by molar-refractivity contribution is 0.403. The summed E-state index contributed by atoms with van der Waals surface area (Å²) in [6, 6.07) is 6.61. The topological polar surface area (TPSA) is 34.2 Å². The summed E-state index contributed by atoms with van der Waals surface area (Å²) in [7, 11) is 1.73. The Balaban J connectivity index is 2.16. The highest BCUT2D eigenvalue weighted by Crippen LogP contribution is 2.32. The zero-order chi connectivity index (χ0) is 15.2. The van der Waals surface area contributed by atoms with Crippen LogP contribution in [0.4, 0.5) is 0 Å². The summed E-state index contributed by atoms with van der Waals surface area (Å²) in [5.41, 5.74) is 3.57. The van der Waals surface area contributed by atoms with Crippen LogP contribution in [-0.2, 0) is 0 Å². The van der Waals surface area contributed by atoms with E-state index in [4.69, 9.17) is 4.74 Å². The molecule has 0 spiro atoms. The Morgan fingerprint density at radius 2 is 2.19 bits per heavy atom. The molecule has 1 N–H and O–H groups in total. The first-order valence-electron chi connectivity index (χ1n) is 7.07. The lowest BCUT2D eigenvalue weighted by Gasteiger charge is -2.20. The minimum atomic E-state index is 0.263. The Bertz CT molecular complexity index is 583. The number of aryl methyl sites for hydroxylation is 2. The molecule has 0 radical (unpaired) electrons. The maximum Gasteiger partial charge on any atom is 0.150 e. The molecule has 0 aliphatic rings. The molecule has 0 amide bonds. The molecule has 0 saturated carbocycles. The fourth-order valence-corrected chi connectivity index (χ4v) is 4.14. The number of rotatable bonds is 7. The molecule has 2 aromatic rings. The van der Waals surface area contributed by atoms with Crippen molar-refractivity contribution in [2.75, 3.05) is 19.4 Å². The number of thioether (sulfide) groups is 1. The zero-order valence-corrected chi connectivity index (χ0v) is 14.6. The molecule has 0 aliphatic carbocycles. The Morgan fingerprint density at radius 3 is 2.81 bits per heavy atom. The van der Waals surface area contributed by atoms with Crippen LogP contribution in [0.5, 0.6) is 5.75 Å². The van der Waals surface area contributed by atoms with Crippen LogP contribution in [0.2, 0.25) is 0 Å². The third-order valence-corrected chi connectivity index (χ3v) is 5.41. The van der Waals surface area contributed by atoms with Crippen molar-refractivity contribution in [2.24, 2.45) is 0 Å². The van der Waals surface area contributed by atoms with Crippen LogP contribution in [-0.4, -0.2) is 24.4 Å². The smallest absolute Gasteiger partial charge is 0.150 e. The van der Waals surface area contributed by atoms with Gasteiger partial charge in [-0.2, -0.15) is 0 Å². The Hall–Kier alpha value is -1.04. The average Bonchev–Trinajstić information content (AvgIpc) is 2.89. The third kappa shape index (κ3) is 4.46. The quantitative estimate of drug-likeness (QED) is 0.774. The first-order valence-corrected chi connectivity index (χ1v) is 8.93. The highest BCUT2D eigenvalue weighted by molar-refractivity contribution is 8.01. The molecule has 114 valence electrons. The van der Waals surface area contributed by atoms with E-state index in [0.29, 0.717) is 0 Å². The van der Waals surface area contributed by atoms with Crippen molar-refractivity contribution in [1.29, 1.82) is 0 Å². The summed E-state index contributed by atoms with van der Waals surface area (Å²) >= 11 is 3.51. The molecule has 0 fully saturated rings. The number of thiazole rings is 1. The van der Waals surface area contributed by atoms with Gasteiger partial charge in [0.1, 0.15) is 10.1 Å². The number of ether oxygens (including phenoxy) is 1. The SMILES string of the molecule is CCNC(CSc1nc(C)cs1)c1cc(C)ccc1OC. The van der Waals surface area contributed by atoms with Gasteiger partial charge in [-0.25, -0.2) is 4.98 Å². The maximum atomic E-state index is 5.52. The molecule has 1 unspecified atom stereocenters. The van der Waals surface area contributed by atoms with Crippen LogP contribution < -0.4 is 10.1 Å². The Morgan fingerprint density at radius 1 is 1.38 bits per heavy atom. The monoisotopic (exact) mass is 322 g/mol. The highest BCUT2D eigenvalue weighted by atomic mass is 32.2. The highest BCUT2D eigenvalue weighted by Gasteiger charge is 2.16. The molecule has 1 aromatic carbocycles. The van der Waals surface area contributed by atoms with Crippen molar-refractivity contribution in [2.45, 2.75) is 31.2 Å². The molecule has 0 bridgehead atoms. The van der Waals surface area contributed by atoms with Crippen LogP contribution in [0.15, 0.2) is 27.9 Å². The number of benzene rings is 1. The van der Waals surface area contributed by atoms with E-state index in [1.165, 1.54) is 11.1 Å². The summed E-state index contributed by atoms with van der Waals surface area (Å²) in [5, 5.41) is 5.65. The standard InChI is InChI=1S/C16H22N2OS2/c1-5-17-14(10-21-16-18-12(3)9-20-16)13-8-11(2)6-7-15(13)19-4/h6-9,14,17H,5,10H2,1-4H3. The Kier molecular flexibility index (Phi) is 6.08. The van der Waals surface area contributed by atoms with E-state index in [9.17, 15) is 0 Å². The van der Waals surface area contributed by atoms with E-state index in [1.807, 2.05) is 13.0 Å². The molecule has 5 heteroatoms. The molecule has 0 saturated heterocycles. The van der Waals surface area contributed by atoms with Gasteiger partial charge in [-0.1, -0.05) is 36.4 Å². The summed E-state index contributed by atoms with van der Waals surface area (Å²) < 4.78 is 6.65. The van der Waals surface area contributed by atoms with E-state index < -0.39 is 0 Å². The second-order valence-corrected chi connectivity index (χ2v) is 7.05. The van der Waals surface area contributed by atoms with Gasteiger partial charge < -0.3 is 10.1 Å². The molecule has 0 aliphatic heterocycles. The molecule has 1 heterocycles. The van der Waals surface area contributed by atoms with E-state index in [2.05, 4.69) is 41.7 Å². The van der Waals surface area contributed by atoms with Crippen molar-refractivity contribution in [3.8, 4) is 5.75 Å². The fourth-order valence-electron chi connectivity index (χ4n) is 2.18.